The number of hydrogen-bond acceptors (Lipinski definition) is 7. The Kier molecular flexibility index (Phi) is 6.92. The fourth-order valence-electron chi connectivity index (χ4n) is 2.78. The molecule has 9 heteroatoms. The Morgan fingerprint density at radius 3 is 1.96 bits per heavy atom. The summed E-state index contributed by atoms with van der Waals surface area (Å²) in [5, 5.41) is 12.5. The number of imide groups is 1. The molecule has 8 nitrogen and oxygen atoms in total. The van der Waals surface area contributed by atoms with E-state index in [-0.39, 0.29) is 36.7 Å². The Bertz CT molecular complexity index is 741. The van der Waals surface area contributed by atoms with Crippen molar-refractivity contribution < 1.29 is 28.4 Å². The molecular weight excluding hydrogens is 371 g/mol. The molecule has 1 aromatic rings. The average molecular weight is 396 g/mol. The van der Waals surface area contributed by atoms with Crippen LogP contribution in [0.4, 0.5) is 0 Å². The lowest BCUT2D eigenvalue weighted by Crippen LogP contribution is -2.31. The van der Waals surface area contributed by atoms with Crippen molar-refractivity contribution in [2.75, 3.05) is 6.54 Å². The lowest BCUT2D eigenvalue weighted by molar-refractivity contribution is 0.0653. The second-order valence-electron chi connectivity index (χ2n) is 6.73. The second-order valence-corrected chi connectivity index (χ2v) is 8.67. The smallest absolute Gasteiger partial charge is 0.379 e. The van der Waals surface area contributed by atoms with E-state index in [9.17, 15) is 19.4 Å². The minimum Gasteiger partial charge on any atom is -0.410 e. The molecule has 1 aliphatic heterocycles. The predicted octanol–water partition coefficient (Wildman–Crippen LogP) is 3.89. The van der Waals surface area contributed by atoms with E-state index in [0.29, 0.717) is 11.1 Å². The lowest BCUT2D eigenvalue weighted by Gasteiger charge is -2.23. The number of nitrogens with zero attached hydrogens (tertiary/aromatic N) is 2. The summed E-state index contributed by atoms with van der Waals surface area (Å²) in [5.74, 6) is -0.726. The van der Waals surface area contributed by atoms with Crippen molar-refractivity contribution >= 4 is 24.9 Å². The van der Waals surface area contributed by atoms with Gasteiger partial charge in [0.05, 0.1) is 23.3 Å². The summed E-state index contributed by atoms with van der Waals surface area (Å²) in [7, 11) is -3.78. The van der Waals surface area contributed by atoms with Crippen LogP contribution in [-0.2, 0) is 13.6 Å². The Morgan fingerprint density at radius 2 is 1.56 bits per heavy atom. The van der Waals surface area contributed by atoms with Crippen molar-refractivity contribution in [2.45, 2.75) is 52.7 Å². The highest BCUT2D eigenvalue weighted by atomic mass is 31.2. The van der Waals surface area contributed by atoms with Gasteiger partial charge in [-0.05, 0) is 46.2 Å². The number of carbonyl (C=O) groups excluding carboxylic acids is 2. The third kappa shape index (κ3) is 4.83. The number of hydrogen-bond donors (Lipinski definition) is 1. The largest absolute Gasteiger partial charge is 0.410 e. The molecule has 1 heterocycles. The minimum absolute atomic E-state index is 0.0562. The van der Waals surface area contributed by atoms with Gasteiger partial charge in [0, 0.05) is 13.0 Å². The summed E-state index contributed by atoms with van der Waals surface area (Å²) < 4.78 is 23.8. The molecule has 2 rings (SSSR count). The van der Waals surface area contributed by atoms with Crippen LogP contribution in [0.2, 0.25) is 0 Å². The van der Waals surface area contributed by atoms with Gasteiger partial charge in [-0.25, -0.2) is 0 Å². The van der Waals surface area contributed by atoms with Gasteiger partial charge in [-0.15, -0.1) is 0 Å². The van der Waals surface area contributed by atoms with E-state index in [2.05, 4.69) is 5.16 Å². The van der Waals surface area contributed by atoms with Gasteiger partial charge in [0.2, 0.25) is 0 Å². The minimum atomic E-state index is -3.78. The first-order valence-corrected chi connectivity index (χ1v) is 10.4. The van der Waals surface area contributed by atoms with Gasteiger partial charge in [-0.2, -0.15) is 0 Å². The highest BCUT2D eigenvalue weighted by Gasteiger charge is 2.37. The molecule has 0 aromatic heterocycles. The number of benzene rings is 1. The van der Waals surface area contributed by atoms with E-state index in [4.69, 9.17) is 9.05 Å². The van der Waals surface area contributed by atoms with Crippen molar-refractivity contribution in [3.63, 3.8) is 0 Å². The van der Waals surface area contributed by atoms with Crippen LogP contribution in [0.15, 0.2) is 29.4 Å². The first kappa shape index (κ1) is 21.3. The SMILES string of the molecule is CC(C)OP(=O)(OC(C)C)/C(CCCN1C(=O)c2ccccc2C1=O)=N/O. The van der Waals surface area contributed by atoms with Gasteiger partial charge in [-0.1, -0.05) is 17.3 Å². The molecule has 0 fully saturated rings. The number of fused-ring (bicyclic) bond motifs is 1. The standard InChI is InChI=1S/C18H25N2O6P/c1-12(2)25-27(24,26-13(3)4)16(19-23)10-7-11-20-17(21)14-8-5-6-9-15(14)18(20)22/h5-6,8-9,12-13,23H,7,10-11H2,1-4H3/b19-16+. The van der Waals surface area contributed by atoms with Crippen molar-refractivity contribution in [1.82, 2.24) is 4.90 Å². The highest BCUT2D eigenvalue weighted by Crippen LogP contribution is 2.53. The van der Waals surface area contributed by atoms with Crippen LogP contribution in [0.1, 0.15) is 61.3 Å². The van der Waals surface area contributed by atoms with Gasteiger partial charge in [0.1, 0.15) is 0 Å². The average Bonchev–Trinajstić information content (AvgIpc) is 2.82. The number of rotatable bonds is 9. The topological polar surface area (TPSA) is 106 Å². The molecule has 2 amide bonds. The fourth-order valence-corrected chi connectivity index (χ4v) is 4.73. The summed E-state index contributed by atoms with van der Waals surface area (Å²) in [5.41, 5.74) is 0.618. The summed E-state index contributed by atoms with van der Waals surface area (Å²) in [6, 6.07) is 6.62. The first-order chi connectivity index (χ1) is 12.7. The van der Waals surface area contributed by atoms with Crippen LogP contribution in [0.25, 0.3) is 0 Å². The maximum Gasteiger partial charge on any atom is 0.379 e. The first-order valence-electron chi connectivity index (χ1n) is 8.83. The third-order valence-corrected chi connectivity index (χ3v) is 6.13. The molecule has 1 aromatic carbocycles. The maximum atomic E-state index is 13.0. The molecule has 148 valence electrons. The zero-order valence-electron chi connectivity index (χ0n) is 15.9. The zero-order chi connectivity index (χ0) is 20.2. The van der Waals surface area contributed by atoms with Gasteiger partial charge in [0.15, 0.2) is 5.45 Å². The Hall–Kier alpha value is -2.02. The van der Waals surface area contributed by atoms with Gasteiger partial charge >= 0.3 is 7.60 Å². The molecule has 0 saturated heterocycles. The zero-order valence-corrected chi connectivity index (χ0v) is 16.8. The molecule has 0 aliphatic carbocycles. The maximum absolute atomic E-state index is 13.0. The Morgan fingerprint density at radius 1 is 1.07 bits per heavy atom. The van der Waals surface area contributed by atoms with Gasteiger partial charge in [-0.3, -0.25) is 19.1 Å². The molecule has 0 unspecified atom stereocenters. The second kappa shape index (κ2) is 8.78. The van der Waals surface area contributed by atoms with E-state index in [1.165, 1.54) is 0 Å². The van der Waals surface area contributed by atoms with Crippen molar-refractivity contribution in [1.29, 1.82) is 0 Å². The van der Waals surface area contributed by atoms with Crippen LogP contribution < -0.4 is 0 Å². The number of carbonyl (C=O) groups is 2. The summed E-state index contributed by atoms with van der Waals surface area (Å²) in [4.78, 5) is 25.9. The third-order valence-electron chi connectivity index (χ3n) is 3.79. The number of amides is 2. The molecule has 0 radical (unpaired) electrons. The van der Waals surface area contributed by atoms with E-state index >= 15 is 0 Å². The fraction of sp³-hybridized carbons (Fsp3) is 0.500. The van der Waals surface area contributed by atoms with Crippen LogP contribution in [0.3, 0.4) is 0 Å². The van der Waals surface area contributed by atoms with Crippen LogP contribution >= 0.6 is 7.60 Å². The van der Waals surface area contributed by atoms with Crippen LogP contribution in [0, 0.1) is 0 Å². The molecule has 1 N–H and O–H groups in total. The summed E-state index contributed by atoms with van der Waals surface area (Å²) >= 11 is 0. The van der Waals surface area contributed by atoms with Gasteiger partial charge < -0.3 is 14.3 Å². The summed E-state index contributed by atoms with van der Waals surface area (Å²) in [6.07, 6.45) is -0.483. The van der Waals surface area contributed by atoms with E-state index in [1.807, 2.05) is 0 Å². The molecule has 27 heavy (non-hydrogen) atoms. The number of oxime groups is 1. The monoisotopic (exact) mass is 396 g/mol. The molecular formula is C18H25N2O6P. The van der Waals surface area contributed by atoms with E-state index < -0.39 is 19.8 Å². The summed E-state index contributed by atoms with van der Waals surface area (Å²) in [6.45, 7) is 6.90. The van der Waals surface area contributed by atoms with Crippen LogP contribution in [-0.4, -0.2) is 46.1 Å². The van der Waals surface area contributed by atoms with Crippen molar-refractivity contribution in [3.8, 4) is 0 Å². The molecule has 0 atom stereocenters. The van der Waals surface area contributed by atoms with E-state index in [1.54, 1.807) is 52.0 Å². The molecule has 0 saturated carbocycles. The molecule has 1 aliphatic rings. The quantitative estimate of drug-likeness (QED) is 0.223. The van der Waals surface area contributed by atoms with Crippen molar-refractivity contribution in [3.05, 3.63) is 35.4 Å². The lowest BCUT2D eigenvalue weighted by atomic mass is 10.1. The van der Waals surface area contributed by atoms with Crippen LogP contribution in [0.5, 0.6) is 0 Å². The van der Waals surface area contributed by atoms with Crippen molar-refractivity contribution in [2.24, 2.45) is 5.16 Å². The Balaban J connectivity index is 2.05. The normalized spacial score (nSPS) is 15.2. The van der Waals surface area contributed by atoms with Gasteiger partial charge in [0.25, 0.3) is 11.8 Å². The van der Waals surface area contributed by atoms with E-state index in [0.717, 1.165) is 4.90 Å². The Labute approximate surface area is 158 Å². The predicted molar refractivity (Wildman–Crippen MR) is 100 cm³/mol. The molecule has 0 spiro atoms. The highest BCUT2D eigenvalue weighted by molar-refractivity contribution is 7.72. The molecule has 0 bridgehead atoms.